The lowest BCUT2D eigenvalue weighted by Gasteiger charge is -2.19. The van der Waals surface area contributed by atoms with E-state index in [9.17, 15) is 9.59 Å². The summed E-state index contributed by atoms with van der Waals surface area (Å²) >= 11 is 5.08. The topological polar surface area (TPSA) is 91.5 Å². The molecule has 0 saturated heterocycles. The number of nitrogens with one attached hydrogen (secondary N) is 4. The van der Waals surface area contributed by atoms with Gasteiger partial charge in [-0.25, -0.2) is 0 Å². The van der Waals surface area contributed by atoms with Gasteiger partial charge in [-0.1, -0.05) is 30.3 Å². The minimum absolute atomic E-state index is 0.0170. The van der Waals surface area contributed by atoms with Gasteiger partial charge in [-0.2, -0.15) is 0 Å². The van der Waals surface area contributed by atoms with Crippen molar-refractivity contribution in [3.63, 3.8) is 0 Å². The van der Waals surface area contributed by atoms with Gasteiger partial charge in [0.15, 0.2) is 5.11 Å². The summed E-state index contributed by atoms with van der Waals surface area (Å²) < 4.78 is 4.99. The number of benzene rings is 1. The second-order valence-corrected chi connectivity index (χ2v) is 5.78. The highest BCUT2D eigenvalue weighted by molar-refractivity contribution is 7.80. The van der Waals surface area contributed by atoms with E-state index in [-0.39, 0.29) is 24.3 Å². The summed E-state index contributed by atoms with van der Waals surface area (Å²) in [5.74, 6) is -0.490. The SMILES string of the molecule is COC[C@H](C)NC(=S)NNC(=O)C[C@@H](NC(C)=O)c1ccccc1. The van der Waals surface area contributed by atoms with E-state index in [0.717, 1.165) is 5.56 Å². The molecule has 0 spiro atoms. The van der Waals surface area contributed by atoms with Crippen LogP contribution in [0.1, 0.15) is 31.9 Å². The van der Waals surface area contributed by atoms with Gasteiger partial charge in [0.2, 0.25) is 11.8 Å². The normalized spacial score (nSPS) is 12.6. The standard InChI is InChI=1S/C16H24N4O3S/c1-11(10-23-3)17-16(24)20-19-15(22)9-14(18-12(2)21)13-7-5-4-6-8-13/h4-8,11,14H,9-10H2,1-3H3,(H,18,21)(H,19,22)(H2,17,20,24)/t11-,14+/m0/s1. The zero-order chi connectivity index (χ0) is 17.9. The minimum Gasteiger partial charge on any atom is -0.383 e. The summed E-state index contributed by atoms with van der Waals surface area (Å²) in [6.07, 6.45) is 0.0901. The zero-order valence-electron chi connectivity index (χ0n) is 14.1. The van der Waals surface area contributed by atoms with E-state index in [1.165, 1.54) is 6.92 Å². The largest absolute Gasteiger partial charge is 0.383 e. The van der Waals surface area contributed by atoms with Gasteiger partial charge >= 0.3 is 0 Å². The number of carbonyl (C=O) groups is 2. The third kappa shape index (κ3) is 7.89. The Morgan fingerprint density at radius 1 is 1.17 bits per heavy atom. The molecule has 24 heavy (non-hydrogen) atoms. The van der Waals surface area contributed by atoms with E-state index in [4.69, 9.17) is 17.0 Å². The van der Waals surface area contributed by atoms with Gasteiger partial charge in [0.1, 0.15) is 0 Å². The van der Waals surface area contributed by atoms with Gasteiger partial charge in [-0.3, -0.25) is 20.4 Å². The van der Waals surface area contributed by atoms with E-state index in [1.54, 1.807) is 7.11 Å². The van der Waals surface area contributed by atoms with E-state index in [2.05, 4.69) is 21.5 Å². The molecule has 0 bridgehead atoms. The fraction of sp³-hybridized carbons (Fsp3) is 0.438. The van der Waals surface area contributed by atoms with Crippen molar-refractivity contribution in [2.45, 2.75) is 32.4 Å². The highest BCUT2D eigenvalue weighted by atomic mass is 32.1. The quantitative estimate of drug-likeness (QED) is 0.428. The van der Waals surface area contributed by atoms with Gasteiger partial charge < -0.3 is 15.4 Å². The van der Waals surface area contributed by atoms with Crippen molar-refractivity contribution in [2.75, 3.05) is 13.7 Å². The second kappa shape index (κ2) is 10.6. The Balaban J connectivity index is 2.50. The smallest absolute Gasteiger partial charge is 0.240 e. The van der Waals surface area contributed by atoms with Gasteiger partial charge in [0.25, 0.3) is 0 Å². The molecule has 132 valence electrons. The predicted octanol–water partition coefficient (Wildman–Crippen LogP) is 0.784. The van der Waals surface area contributed by atoms with Gasteiger partial charge in [-0.05, 0) is 24.7 Å². The molecule has 0 aliphatic heterocycles. The number of thiocarbonyl (C=S) groups is 1. The molecule has 1 rings (SSSR count). The monoisotopic (exact) mass is 352 g/mol. The van der Waals surface area contributed by atoms with Crippen molar-refractivity contribution in [3.05, 3.63) is 35.9 Å². The van der Waals surface area contributed by atoms with Crippen molar-refractivity contribution in [2.24, 2.45) is 0 Å². The highest BCUT2D eigenvalue weighted by Gasteiger charge is 2.17. The van der Waals surface area contributed by atoms with Gasteiger partial charge in [0, 0.05) is 20.1 Å². The van der Waals surface area contributed by atoms with Crippen molar-refractivity contribution in [1.29, 1.82) is 0 Å². The van der Waals surface area contributed by atoms with Crippen LogP contribution in [-0.2, 0) is 14.3 Å². The molecule has 0 unspecified atom stereocenters. The van der Waals surface area contributed by atoms with E-state index in [1.807, 2.05) is 37.3 Å². The Morgan fingerprint density at radius 3 is 2.42 bits per heavy atom. The fourth-order valence-corrected chi connectivity index (χ4v) is 2.35. The molecule has 1 aromatic carbocycles. The fourth-order valence-electron chi connectivity index (χ4n) is 2.10. The molecule has 0 heterocycles. The van der Waals surface area contributed by atoms with E-state index in [0.29, 0.717) is 11.7 Å². The average Bonchev–Trinajstić information content (AvgIpc) is 2.53. The average molecular weight is 352 g/mol. The molecule has 0 saturated carbocycles. The number of ether oxygens (including phenoxy) is 1. The molecule has 7 nitrogen and oxygen atoms in total. The van der Waals surface area contributed by atoms with Gasteiger partial charge in [0.05, 0.1) is 19.1 Å². The van der Waals surface area contributed by atoms with Crippen LogP contribution in [0.5, 0.6) is 0 Å². The molecule has 4 N–H and O–H groups in total. The summed E-state index contributed by atoms with van der Waals surface area (Å²) in [7, 11) is 1.60. The molecule has 8 heteroatoms. The lowest BCUT2D eigenvalue weighted by molar-refractivity contribution is -0.123. The molecule has 0 fully saturated rings. The first-order valence-corrected chi connectivity index (χ1v) is 7.99. The Kier molecular flexibility index (Phi) is 8.74. The third-order valence-corrected chi connectivity index (χ3v) is 3.30. The van der Waals surface area contributed by atoms with E-state index >= 15 is 0 Å². The Morgan fingerprint density at radius 2 is 1.83 bits per heavy atom. The van der Waals surface area contributed by atoms with Crippen molar-refractivity contribution >= 4 is 29.1 Å². The van der Waals surface area contributed by atoms with Crippen LogP contribution in [0, 0.1) is 0 Å². The van der Waals surface area contributed by atoms with Crippen LogP contribution in [0.2, 0.25) is 0 Å². The summed E-state index contributed by atoms with van der Waals surface area (Å²) in [5.41, 5.74) is 6.01. The zero-order valence-corrected chi connectivity index (χ0v) is 14.9. The number of amides is 2. The number of hydrazine groups is 1. The maximum absolute atomic E-state index is 12.1. The first-order chi connectivity index (χ1) is 11.4. The molecule has 0 aromatic heterocycles. The van der Waals surface area contributed by atoms with Crippen LogP contribution < -0.4 is 21.5 Å². The summed E-state index contributed by atoms with van der Waals surface area (Å²) in [6.45, 7) is 3.82. The van der Waals surface area contributed by atoms with Gasteiger partial charge in [-0.15, -0.1) is 0 Å². The van der Waals surface area contributed by atoms with Crippen LogP contribution in [-0.4, -0.2) is 36.7 Å². The number of carbonyl (C=O) groups excluding carboxylic acids is 2. The number of hydrogen-bond donors (Lipinski definition) is 4. The van der Waals surface area contributed by atoms with E-state index < -0.39 is 6.04 Å². The Labute approximate surface area is 147 Å². The number of hydrogen-bond acceptors (Lipinski definition) is 4. The minimum atomic E-state index is -0.403. The first kappa shape index (κ1) is 19.9. The molecule has 0 aliphatic rings. The summed E-state index contributed by atoms with van der Waals surface area (Å²) in [5, 5.41) is 6.03. The van der Waals surface area contributed by atoms with Crippen LogP contribution >= 0.6 is 12.2 Å². The number of methoxy groups -OCH3 is 1. The molecule has 0 aliphatic carbocycles. The number of rotatable bonds is 7. The Bertz CT molecular complexity index is 554. The van der Waals surface area contributed by atoms with Crippen LogP contribution in [0.25, 0.3) is 0 Å². The summed E-state index contributed by atoms with van der Waals surface area (Å²) in [6, 6.07) is 8.93. The van der Waals surface area contributed by atoms with Crippen molar-refractivity contribution < 1.29 is 14.3 Å². The Hall–Kier alpha value is -2.19. The second-order valence-electron chi connectivity index (χ2n) is 5.37. The molecule has 1 aromatic rings. The maximum atomic E-state index is 12.1. The highest BCUT2D eigenvalue weighted by Crippen LogP contribution is 2.16. The molecular formula is C16H24N4O3S. The lowest BCUT2D eigenvalue weighted by Crippen LogP contribution is -2.50. The molecule has 0 radical (unpaired) electrons. The van der Waals surface area contributed by atoms with Crippen LogP contribution in [0.15, 0.2) is 30.3 Å². The van der Waals surface area contributed by atoms with Crippen LogP contribution in [0.3, 0.4) is 0 Å². The maximum Gasteiger partial charge on any atom is 0.240 e. The van der Waals surface area contributed by atoms with Crippen molar-refractivity contribution in [1.82, 2.24) is 21.5 Å². The predicted molar refractivity (Wildman–Crippen MR) is 96.0 cm³/mol. The van der Waals surface area contributed by atoms with Crippen LogP contribution in [0.4, 0.5) is 0 Å². The summed E-state index contributed by atoms with van der Waals surface area (Å²) in [4.78, 5) is 23.4. The third-order valence-electron chi connectivity index (χ3n) is 3.08. The first-order valence-electron chi connectivity index (χ1n) is 7.58. The molecular weight excluding hydrogens is 328 g/mol. The van der Waals surface area contributed by atoms with Crippen molar-refractivity contribution in [3.8, 4) is 0 Å². The lowest BCUT2D eigenvalue weighted by atomic mass is 10.0. The molecule has 2 amide bonds. The molecule has 2 atom stereocenters.